The van der Waals surface area contributed by atoms with Crippen molar-refractivity contribution in [3.8, 4) is 5.75 Å². The molecule has 5 rings (SSSR count). The normalized spacial score (nSPS) is 14.4. The van der Waals surface area contributed by atoms with E-state index >= 15 is 0 Å². The van der Waals surface area contributed by atoms with Gasteiger partial charge in [-0.3, -0.25) is 9.59 Å². The average molecular weight is 457 g/mol. The van der Waals surface area contributed by atoms with Crippen molar-refractivity contribution in [2.45, 2.75) is 26.0 Å². The second-order valence-electron chi connectivity index (χ2n) is 8.80. The van der Waals surface area contributed by atoms with E-state index in [0.29, 0.717) is 25.6 Å². The Balaban J connectivity index is 1.29. The first-order valence-corrected chi connectivity index (χ1v) is 11.7. The highest BCUT2D eigenvalue weighted by molar-refractivity contribution is 5.93. The summed E-state index contributed by atoms with van der Waals surface area (Å²) in [6.07, 6.45) is 3.43. The van der Waals surface area contributed by atoms with Gasteiger partial charge in [-0.2, -0.15) is 0 Å². The second-order valence-corrected chi connectivity index (χ2v) is 8.80. The van der Waals surface area contributed by atoms with Gasteiger partial charge in [-0.25, -0.2) is 4.98 Å². The third-order valence-corrected chi connectivity index (χ3v) is 6.54. The van der Waals surface area contributed by atoms with Gasteiger partial charge in [0.1, 0.15) is 23.7 Å². The highest BCUT2D eigenvalue weighted by atomic mass is 16.5. The summed E-state index contributed by atoms with van der Waals surface area (Å²) in [6, 6.07) is 21.3. The lowest BCUT2D eigenvalue weighted by Gasteiger charge is -2.32. The van der Waals surface area contributed by atoms with Crippen LogP contribution in [0.2, 0.25) is 0 Å². The summed E-state index contributed by atoms with van der Waals surface area (Å²) < 4.78 is 9.71. The molecule has 1 aliphatic rings. The van der Waals surface area contributed by atoms with E-state index in [9.17, 15) is 9.59 Å². The Morgan fingerprint density at radius 3 is 2.53 bits per heavy atom. The number of nitrogens with zero attached hydrogens (tertiary/aromatic N) is 4. The number of likely N-dealkylation sites (tertiary alicyclic amines) is 1. The lowest BCUT2D eigenvalue weighted by Crippen LogP contribution is -2.41. The van der Waals surface area contributed by atoms with E-state index in [4.69, 9.17) is 9.72 Å². The molecule has 0 radical (unpaired) electrons. The van der Waals surface area contributed by atoms with Gasteiger partial charge >= 0.3 is 0 Å². The lowest BCUT2D eigenvalue weighted by molar-refractivity contribution is 0.0680. The number of pyridine rings is 1. The van der Waals surface area contributed by atoms with Crippen LogP contribution < -0.4 is 10.3 Å². The SMILES string of the molecule is Cn1cccc(C(=O)N2CCC(Cn3c(COc4ccccc4)nc4ccccc43)CC2)c1=O. The zero-order chi connectivity index (χ0) is 23.5. The quantitative estimate of drug-likeness (QED) is 0.442. The molecule has 0 unspecified atom stereocenters. The van der Waals surface area contributed by atoms with E-state index < -0.39 is 0 Å². The molecule has 3 heterocycles. The van der Waals surface area contributed by atoms with E-state index in [2.05, 4.69) is 10.6 Å². The number of ether oxygens (including phenoxy) is 1. The van der Waals surface area contributed by atoms with Crippen molar-refractivity contribution in [3.05, 3.63) is 94.7 Å². The molecule has 7 heteroatoms. The largest absolute Gasteiger partial charge is 0.486 e. The predicted molar refractivity (Wildman–Crippen MR) is 131 cm³/mol. The maximum atomic E-state index is 12.9. The minimum absolute atomic E-state index is 0.176. The van der Waals surface area contributed by atoms with Crippen molar-refractivity contribution >= 4 is 16.9 Å². The predicted octanol–water partition coefficient (Wildman–Crippen LogP) is 3.87. The van der Waals surface area contributed by atoms with Crippen molar-refractivity contribution in [2.75, 3.05) is 13.1 Å². The van der Waals surface area contributed by atoms with Crippen molar-refractivity contribution in [2.24, 2.45) is 13.0 Å². The highest BCUT2D eigenvalue weighted by Crippen LogP contribution is 2.25. The summed E-state index contributed by atoms with van der Waals surface area (Å²) >= 11 is 0. The fourth-order valence-electron chi connectivity index (χ4n) is 4.61. The Kier molecular flexibility index (Phi) is 6.16. The summed E-state index contributed by atoms with van der Waals surface area (Å²) in [7, 11) is 1.67. The summed E-state index contributed by atoms with van der Waals surface area (Å²) in [5, 5.41) is 0. The van der Waals surface area contributed by atoms with Crippen molar-refractivity contribution in [1.29, 1.82) is 0 Å². The molecule has 1 amide bonds. The van der Waals surface area contributed by atoms with Crippen LogP contribution in [0.4, 0.5) is 0 Å². The molecule has 0 N–H and O–H groups in total. The van der Waals surface area contributed by atoms with Crippen LogP contribution in [-0.2, 0) is 20.2 Å². The zero-order valence-corrected chi connectivity index (χ0v) is 19.3. The molecular weight excluding hydrogens is 428 g/mol. The number of para-hydroxylation sites is 3. The summed E-state index contributed by atoms with van der Waals surface area (Å²) in [6.45, 7) is 2.50. The number of piperidine rings is 1. The average Bonchev–Trinajstić information content (AvgIpc) is 3.22. The number of rotatable bonds is 6. The molecule has 2 aromatic carbocycles. The van der Waals surface area contributed by atoms with Crippen LogP contribution in [0.15, 0.2) is 77.7 Å². The summed E-state index contributed by atoms with van der Waals surface area (Å²) in [5.41, 5.74) is 2.05. The van der Waals surface area contributed by atoms with Crippen LogP contribution >= 0.6 is 0 Å². The molecule has 0 spiro atoms. The number of carbonyl (C=O) groups excluding carboxylic acids is 1. The topological polar surface area (TPSA) is 69.4 Å². The van der Waals surface area contributed by atoms with Crippen LogP contribution in [-0.4, -0.2) is 38.0 Å². The maximum absolute atomic E-state index is 12.9. The molecule has 1 saturated heterocycles. The smallest absolute Gasteiger partial charge is 0.263 e. The van der Waals surface area contributed by atoms with Gasteiger partial charge in [0, 0.05) is 32.9 Å². The van der Waals surface area contributed by atoms with Gasteiger partial charge in [-0.05, 0) is 55.2 Å². The molecular formula is C27H28N4O3. The molecule has 7 nitrogen and oxygen atoms in total. The third-order valence-electron chi connectivity index (χ3n) is 6.54. The molecule has 1 aliphatic heterocycles. The van der Waals surface area contributed by atoms with E-state index in [-0.39, 0.29) is 17.0 Å². The van der Waals surface area contributed by atoms with Crippen LogP contribution in [0.5, 0.6) is 5.75 Å². The fourth-order valence-corrected chi connectivity index (χ4v) is 4.61. The van der Waals surface area contributed by atoms with Gasteiger partial charge in [0.2, 0.25) is 0 Å². The number of aryl methyl sites for hydroxylation is 1. The molecule has 2 aromatic heterocycles. The fraction of sp³-hybridized carbons (Fsp3) is 0.296. The van der Waals surface area contributed by atoms with Gasteiger partial charge < -0.3 is 18.8 Å². The first-order chi connectivity index (χ1) is 16.6. The molecule has 0 aliphatic carbocycles. The van der Waals surface area contributed by atoms with E-state index in [1.165, 1.54) is 4.57 Å². The molecule has 34 heavy (non-hydrogen) atoms. The number of carbonyl (C=O) groups is 1. The van der Waals surface area contributed by atoms with Gasteiger partial charge in [0.05, 0.1) is 11.0 Å². The zero-order valence-electron chi connectivity index (χ0n) is 19.3. The minimum atomic E-state index is -0.248. The van der Waals surface area contributed by atoms with Crippen LogP contribution in [0.3, 0.4) is 0 Å². The number of amides is 1. The van der Waals surface area contributed by atoms with Crippen LogP contribution in [0, 0.1) is 5.92 Å². The maximum Gasteiger partial charge on any atom is 0.263 e. The van der Waals surface area contributed by atoms with Gasteiger partial charge in [0.25, 0.3) is 11.5 Å². The van der Waals surface area contributed by atoms with Crippen molar-refractivity contribution in [3.63, 3.8) is 0 Å². The van der Waals surface area contributed by atoms with Crippen molar-refractivity contribution < 1.29 is 9.53 Å². The number of imidazole rings is 1. The van der Waals surface area contributed by atoms with E-state index in [1.54, 1.807) is 30.3 Å². The summed E-state index contributed by atoms with van der Waals surface area (Å²) in [5.74, 6) is 1.96. The Morgan fingerprint density at radius 2 is 1.74 bits per heavy atom. The number of aromatic nitrogens is 3. The lowest BCUT2D eigenvalue weighted by atomic mass is 9.96. The first kappa shape index (κ1) is 21.9. The molecule has 0 atom stereocenters. The number of hydrogen-bond acceptors (Lipinski definition) is 4. The molecule has 4 aromatic rings. The second kappa shape index (κ2) is 9.55. The van der Waals surface area contributed by atoms with E-state index in [0.717, 1.165) is 42.0 Å². The van der Waals surface area contributed by atoms with E-state index in [1.807, 2.05) is 48.5 Å². The molecule has 1 fully saturated rings. The Labute approximate surface area is 198 Å². The van der Waals surface area contributed by atoms with Crippen molar-refractivity contribution in [1.82, 2.24) is 19.0 Å². The standard InChI is InChI=1S/C27H28N4O3/c1-29-15-7-10-22(26(29)32)27(33)30-16-13-20(14-17-30)18-31-24-12-6-5-11-23(24)28-25(31)19-34-21-8-3-2-4-9-21/h2-12,15,20H,13-14,16-19H2,1H3. The number of hydrogen-bond donors (Lipinski definition) is 0. The monoisotopic (exact) mass is 456 g/mol. The van der Waals surface area contributed by atoms with Gasteiger partial charge in [-0.1, -0.05) is 30.3 Å². The molecule has 0 saturated carbocycles. The number of benzene rings is 2. The Morgan fingerprint density at radius 1 is 1.00 bits per heavy atom. The van der Waals surface area contributed by atoms with Gasteiger partial charge in [0.15, 0.2) is 0 Å². The van der Waals surface area contributed by atoms with Crippen LogP contribution in [0.25, 0.3) is 11.0 Å². The van der Waals surface area contributed by atoms with Crippen LogP contribution in [0.1, 0.15) is 29.0 Å². The Hall–Kier alpha value is -3.87. The summed E-state index contributed by atoms with van der Waals surface area (Å²) in [4.78, 5) is 31.9. The minimum Gasteiger partial charge on any atom is -0.486 e. The number of fused-ring (bicyclic) bond motifs is 1. The highest BCUT2D eigenvalue weighted by Gasteiger charge is 2.26. The molecule has 174 valence electrons. The van der Waals surface area contributed by atoms with Gasteiger partial charge in [-0.15, -0.1) is 0 Å². The Bertz CT molecular complexity index is 1350. The third kappa shape index (κ3) is 4.46. The first-order valence-electron chi connectivity index (χ1n) is 11.7. The molecule has 0 bridgehead atoms.